The molecule has 1 atom stereocenters. The van der Waals surface area contributed by atoms with Gasteiger partial charge in [0.2, 0.25) is 12.0 Å². The molecule has 1 aliphatic rings. The fourth-order valence-corrected chi connectivity index (χ4v) is 3.14. The van der Waals surface area contributed by atoms with E-state index in [4.69, 9.17) is 22.2 Å². The second kappa shape index (κ2) is 6.98. The normalized spacial score (nSPS) is 16.4. The van der Waals surface area contributed by atoms with Gasteiger partial charge in [-0.3, -0.25) is 14.9 Å². The quantitative estimate of drug-likeness (QED) is 0.845. The van der Waals surface area contributed by atoms with Crippen LogP contribution >= 0.6 is 22.9 Å². The van der Waals surface area contributed by atoms with Crippen LogP contribution in [0.25, 0.3) is 0 Å². The number of aromatic nitrogens is 1. The van der Waals surface area contributed by atoms with Crippen LogP contribution in [0.2, 0.25) is 5.02 Å². The molecular formula is C15H13ClN4O3S. The van der Waals surface area contributed by atoms with Gasteiger partial charge in [-0.05, 0) is 6.07 Å². The number of carbonyl (C=O) groups excluding carboxylic acids is 2. The van der Waals surface area contributed by atoms with Crippen molar-refractivity contribution in [2.75, 3.05) is 5.32 Å². The van der Waals surface area contributed by atoms with Crippen molar-refractivity contribution in [3.63, 3.8) is 0 Å². The van der Waals surface area contributed by atoms with E-state index in [1.54, 1.807) is 11.4 Å². The molecule has 9 heteroatoms. The van der Waals surface area contributed by atoms with Gasteiger partial charge in [0.25, 0.3) is 5.91 Å². The van der Waals surface area contributed by atoms with Gasteiger partial charge in [-0.25, -0.2) is 4.98 Å². The van der Waals surface area contributed by atoms with E-state index in [1.807, 2.05) is 18.2 Å². The summed E-state index contributed by atoms with van der Waals surface area (Å²) in [6, 6.07) is 7.23. The topological polar surface area (TPSA) is 107 Å². The van der Waals surface area contributed by atoms with Crippen molar-refractivity contribution in [2.45, 2.75) is 18.9 Å². The molecule has 2 heterocycles. The maximum absolute atomic E-state index is 12.2. The van der Waals surface area contributed by atoms with Gasteiger partial charge in [-0.1, -0.05) is 35.0 Å². The molecule has 1 aliphatic heterocycles. The highest BCUT2D eigenvalue weighted by Gasteiger charge is 2.30. The number of oxime groups is 1. The van der Waals surface area contributed by atoms with E-state index in [1.165, 1.54) is 11.3 Å². The van der Waals surface area contributed by atoms with Gasteiger partial charge in [0.15, 0.2) is 5.13 Å². The number of amides is 2. The number of hydrogen-bond donors (Lipinski definition) is 2. The molecule has 3 rings (SSSR count). The number of halogens is 1. The Kier molecular flexibility index (Phi) is 4.77. The molecule has 0 saturated carbocycles. The number of anilines is 1. The lowest BCUT2D eigenvalue weighted by atomic mass is 10.0. The zero-order chi connectivity index (χ0) is 17.1. The van der Waals surface area contributed by atoms with E-state index in [-0.39, 0.29) is 12.3 Å². The lowest BCUT2D eigenvalue weighted by Crippen LogP contribution is -2.28. The van der Waals surface area contributed by atoms with E-state index < -0.39 is 12.0 Å². The molecular weight excluding hydrogens is 352 g/mol. The summed E-state index contributed by atoms with van der Waals surface area (Å²) in [6.45, 7) is 0. The molecule has 24 heavy (non-hydrogen) atoms. The van der Waals surface area contributed by atoms with Gasteiger partial charge < -0.3 is 10.6 Å². The smallest absolute Gasteiger partial charge is 0.270 e. The van der Waals surface area contributed by atoms with Crippen molar-refractivity contribution < 1.29 is 14.4 Å². The van der Waals surface area contributed by atoms with Crippen LogP contribution in [0.15, 0.2) is 34.8 Å². The third-order valence-electron chi connectivity index (χ3n) is 3.28. The number of benzene rings is 1. The Balaban J connectivity index is 1.61. The standard InChI is InChI=1S/C15H13ClN4O3S/c16-10-4-2-1-3-9(10)11-6-12(23-20-11)14(22)19-15-18-8(7-24-15)5-13(17)21/h1-4,7,12H,5-6H2,(H2,17,21)(H,18,19,22)/t12-/m0/s1. The molecule has 0 aliphatic carbocycles. The first-order chi connectivity index (χ1) is 11.5. The molecule has 0 fully saturated rings. The van der Waals surface area contributed by atoms with Crippen molar-refractivity contribution in [2.24, 2.45) is 10.9 Å². The molecule has 0 saturated heterocycles. The third-order valence-corrected chi connectivity index (χ3v) is 4.42. The number of nitrogens with zero attached hydrogens (tertiary/aromatic N) is 2. The summed E-state index contributed by atoms with van der Waals surface area (Å²) < 4.78 is 0. The van der Waals surface area contributed by atoms with Gasteiger partial charge >= 0.3 is 0 Å². The lowest BCUT2D eigenvalue weighted by Gasteiger charge is -2.07. The summed E-state index contributed by atoms with van der Waals surface area (Å²) in [5.41, 5.74) is 6.99. The third kappa shape index (κ3) is 3.72. The van der Waals surface area contributed by atoms with Crippen molar-refractivity contribution in [1.82, 2.24) is 4.98 Å². The van der Waals surface area contributed by atoms with E-state index in [0.29, 0.717) is 28.0 Å². The Hall–Kier alpha value is -2.45. The maximum atomic E-state index is 12.2. The van der Waals surface area contributed by atoms with Crippen LogP contribution in [0, 0.1) is 0 Å². The highest BCUT2D eigenvalue weighted by molar-refractivity contribution is 7.13. The van der Waals surface area contributed by atoms with Gasteiger partial charge in [0.1, 0.15) is 0 Å². The monoisotopic (exact) mass is 364 g/mol. The molecule has 1 aromatic carbocycles. The Morgan fingerprint density at radius 3 is 2.96 bits per heavy atom. The zero-order valence-electron chi connectivity index (χ0n) is 12.4. The second-order valence-corrected chi connectivity index (χ2v) is 6.36. The zero-order valence-corrected chi connectivity index (χ0v) is 13.9. The van der Waals surface area contributed by atoms with Crippen LogP contribution in [-0.4, -0.2) is 28.6 Å². The van der Waals surface area contributed by atoms with Crippen molar-refractivity contribution >= 4 is 45.6 Å². The van der Waals surface area contributed by atoms with Crippen LogP contribution in [0.4, 0.5) is 5.13 Å². The second-order valence-electron chi connectivity index (χ2n) is 5.09. The fourth-order valence-electron chi connectivity index (χ4n) is 2.18. The molecule has 1 aromatic heterocycles. The summed E-state index contributed by atoms with van der Waals surface area (Å²) in [7, 11) is 0. The Morgan fingerprint density at radius 2 is 2.21 bits per heavy atom. The van der Waals surface area contributed by atoms with E-state index in [0.717, 1.165) is 5.56 Å². The first-order valence-electron chi connectivity index (χ1n) is 7.04. The number of primary amides is 1. The largest absolute Gasteiger partial charge is 0.382 e. The summed E-state index contributed by atoms with van der Waals surface area (Å²) >= 11 is 7.34. The van der Waals surface area contributed by atoms with Crippen LogP contribution in [0.1, 0.15) is 17.7 Å². The van der Waals surface area contributed by atoms with Gasteiger partial charge in [0, 0.05) is 22.4 Å². The minimum absolute atomic E-state index is 0.0338. The molecule has 2 aromatic rings. The minimum Gasteiger partial charge on any atom is -0.382 e. The minimum atomic E-state index is -0.750. The maximum Gasteiger partial charge on any atom is 0.270 e. The number of hydrogen-bond acceptors (Lipinski definition) is 6. The van der Waals surface area contributed by atoms with Gasteiger partial charge in [0.05, 0.1) is 17.8 Å². The van der Waals surface area contributed by atoms with Crippen LogP contribution in [-0.2, 0) is 20.8 Å². The number of nitrogens with one attached hydrogen (secondary N) is 1. The lowest BCUT2D eigenvalue weighted by molar-refractivity contribution is -0.125. The molecule has 2 amide bonds. The number of rotatable bonds is 5. The number of thiazole rings is 1. The van der Waals surface area contributed by atoms with Crippen molar-refractivity contribution in [3.8, 4) is 0 Å². The average Bonchev–Trinajstić information content (AvgIpc) is 3.17. The van der Waals surface area contributed by atoms with Crippen LogP contribution in [0.3, 0.4) is 0 Å². The predicted molar refractivity (Wildman–Crippen MR) is 91.1 cm³/mol. The molecule has 0 spiro atoms. The molecule has 3 N–H and O–H groups in total. The summed E-state index contributed by atoms with van der Waals surface area (Å²) in [6.07, 6.45) is -0.402. The van der Waals surface area contributed by atoms with E-state index in [2.05, 4.69) is 15.5 Å². The average molecular weight is 365 g/mol. The Labute approximate surface area is 146 Å². The molecule has 124 valence electrons. The van der Waals surface area contributed by atoms with Crippen molar-refractivity contribution in [3.05, 3.63) is 45.9 Å². The van der Waals surface area contributed by atoms with E-state index >= 15 is 0 Å². The molecule has 0 radical (unpaired) electrons. The number of carbonyl (C=O) groups is 2. The molecule has 0 bridgehead atoms. The van der Waals surface area contributed by atoms with Crippen LogP contribution < -0.4 is 11.1 Å². The predicted octanol–water partition coefficient (Wildman–Crippen LogP) is 1.96. The first kappa shape index (κ1) is 16.4. The molecule has 7 nitrogen and oxygen atoms in total. The van der Waals surface area contributed by atoms with E-state index in [9.17, 15) is 9.59 Å². The van der Waals surface area contributed by atoms with Gasteiger partial charge in [-0.2, -0.15) is 0 Å². The SMILES string of the molecule is NC(=O)Cc1csc(NC(=O)[C@@H]2CC(c3ccccc3Cl)=NO2)n1. The Bertz CT molecular complexity index is 821. The first-order valence-corrected chi connectivity index (χ1v) is 8.30. The summed E-state index contributed by atoms with van der Waals surface area (Å²) in [5.74, 6) is -0.837. The summed E-state index contributed by atoms with van der Waals surface area (Å²) in [5, 5.41) is 9.20. The molecule has 0 unspecified atom stereocenters. The highest BCUT2D eigenvalue weighted by atomic mass is 35.5. The highest BCUT2D eigenvalue weighted by Crippen LogP contribution is 2.24. The van der Waals surface area contributed by atoms with Crippen molar-refractivity contribution in [1.29, 1.82) is 0 Å². The Morgan fingerprint density at radius 1 is 1.42 bits per heavy atom. The fraction of sp³-hybridized carbons (Fsp3) is 0.200. The van der Waals surface area contributed by atoms with Gasteiger partial charge in [-0.15, -0.1) is 11.3 Å². The summed E-state index contributed by atoms with van der Waals surface area (Å²) in [4.78, 5) is 32.4. The number of nitrogens with two attached hydrogens (primary N) is 1. The van der Waals surface area contributed by atoms with Crippen LogP contribution in [0.5, 0.6) is 0 Å².